The Bertz CT molecular complexity index is 5620. The zero-order chi connectivity index (χ0) is 60.8. The molecule has 0 radical (unpaired) electrons. The number of benzene rings is 14. The molecule has 0 saturated heterocycles. The highest BCUT2D eigenvalue weighted by Gasteiger charge is 2.52. The van der Waals surface area contributed by atoms with E-state index in [2.05, 4.69) is 350 Å². The SMILES string of the molecule is CC1(C)c2cc(N(c3ccccc3)c3ccc(-c4ccccc4)cc3)ccc2-c2ccc(N(c3ccc4c(c3)c3c5c(ccc3n4-c3ccc(-c4ccccc4)cc3)C3(c4ccccc4-c4ccccc43)c3ccccc3-5)c3cccc4c3oc3ccccc34)cc21. The number of hydrogen-bond donors (Lipinski definition) is 0. The number of anilines is 6. The molecule has 2 heterocycles. The Morgan fingerprint density at radius 1 is 0.304 bits per heavy atom. The molecule has 19 rings (SSSR count). The first-order valence-electron chi connectivity index (χ1n) is 32.0. The van der Waals surface area contributed by atoms with Gasteiger partial charge in [0.15, 0.2) is 5.58 Å². The van der Waals surface area contributed by atoms with E-state index in [9.17, 15) is 0 Å². The molecular weight excluding hydrogens is 1110 g/mol. The van der Waals surface area contributed by atoms with Crippen molar-refractivity contribution in [2.75, 3.05) is 9.80 Å². The van der Waals surface area contributed by atoms with E-state index in [0.29, 0.717) is 0 Å². The molecule has 4 heteroatoms. The summed E-state index contributed by atoms with van der Waals surface area (Å²) in [6.07, 6.45) is 0. The summed E-state index contributed by atoms with van der Waals surface area (Å²) in [6.45, 7) is 4.80. The highest BCUT2D eigenvalue weighted by atomic mass is 16.3. The van der Waals surface area contributed by atoms with E-state index in [1.54, 1.807) is 0 Å². The number of nitrogens with zero attached hydrogens (tertiary/aromatic N) is 3. The van der Waals surface area contributed by atoms with Crippen LogP contribution in [0.3, 0.4) is 0 Å². The van der Waals surface area contributed by atoms with Gasteiger partial charge < -0.3 is 18.8 Å². The summed E-state index contributed by atoms with van der Waals surface area (Å²) in [4.78, 5) is 4.85. The molecule has 16 aromatic rings. The molecule has 4 nitrogen and oxygen atoms in total. The maximum atomic E-state index is 7.05. The summed E-state index contributed by atoms with van der Waals surface area (Å²) < 4.78 is 9.55. The lowest BCUT2D eigenvalue weighted by atomic mass is 9.70. The molecule has 0 aliphatic heterocycles. The molecule has 1 spiro atoms. The first-order chi connectivity index (χ1) is 45.4. The second-order valence-corrected chi connectivity index (χ2v) is 25.5. The summed E-state index contributed by atoms with van der Waals surface area (Å²) in [5.74, 6) is 0. The summed E-state index contributed by atoms with van der Waals surface area (Å²) in [5.41, 5.74) is 30.9. The molecule has 432 valence electrons. The van der Waals surface area contributed by atoms with Crippen molar-refractivity contribution in [2.24, 2.45) is 0 Å². The van der Waals surface area contributed by atoms with Gasteiger partial charge in [-0.15, -0.1) is 0 Å². The second kappa shape index (κ2) is 19.9. The van der Waals surface area contributed by atoms with E-state index in [4.69, 9.17) is 4.42 Å². The Labute approximate surface area is 534 Å². The zero-order valence-corrected chi connectivity index (χ0v) is 50.8. The van der Waals surface area contributed by atoms with Crippen LogP contribution in [0.1, 0.15) is 47.2 Å². The van der Waals surface area contributed by atoms with Gasteiger partial charge in [0, 0.05) is 61.1 Å². The maximum absolute atomic E-state index is 7.05. The minimum Gasteiger partial charge on any atom is -0.454 e. The number of aromatic nitrogens is 1. The summed E-state index contributed by atoms with van der Waals surface area (Å²) in [7, 11) is 0. The van der Waals surface area contributed by atoms with Gasteiger partial charge in [0.05, 0.1) is 22.1 Å². The van der Waals surface area contributed by atoms with E-state index in [0.717, 1.165) is 72.8 Å². The van der Waals surface area contributed by atoms with Crippen LogP contribution in [0, 0.1) is 0 Å². The van der Waals surface area contributed by atoms with Gasteiger partial charge in [-0.1, -0.05) is 238 Å². The average Bonchev–Trinajstić information content (AvgIpc) is 1.50. The Morgan fingerprint density at radius 3 is 1.42 bits per heavy atom. The quantitative estimate of drug-likeness (QED) is 0.144. The average molecular weight is 1170 g/mol. The first-order valence-corrected chi connectivity index (χ1v) is 32.0. The lowest BCUT2D eigenvalue weighted by Gasteiger charge is -2.30. The van der Waals surface area contributed by atoms with Gasteiger partial charge in [0.25, 0.3) is 0 Å². The molecule has 0 fully saturated rings. The largest absolute Gasteiger partial charge is 0.454 e. The Kier molecular flexibility index (Phi) is 11.3. The highest BCUT2D eigenvalue weighted by Crippen LogP contribution is 2.65. The minimum atomic E-state index is -0.511. The van der Waals surface area contributed by atoms with Crippen LogP contribution in [-0.2, 0) is 10.8 Å². The lowest BCUT2D eigenvalue weighted by Crippen LogP contribution is -2.25. The maximum Gasteiger partial charge on any atom is 0.159 e. The van der Waals surface area contributed by atoms with Gasteiger partial charge in [0.2, 0.25) is 0 Å². The van der Waals surface area contributed by atoms with Gasteiger partial charge in [-0.2, -0.15) is 0 Å². The number of fused-ring (bicyclic) bond motifs is 20. The molecular formula is C88H59N3O. The lowest BCUT2D eigenvalue weighted by molar-refractivity contribution is 0.660. The summed E-state index contributed by atoms with van der Waals surface area (Å²) in [6, 6.07) is 119. The Hall–Kier alpha value is -11.7. The van der Waals surface area contributed by atoms with Gasteiger partial charge >= 0.3 is 0 Å². The number of para-hydroxylation sites is 3. The molecule has 14 aromatic carbocycles. The van der Waals surface area contributed by atoms with Crippen molar-refractivity contribution in [3.63, 3.8) is 0 Å². The van der Waals surface area contributed by atoms with Crippen molar-refractivity contribution >= 4 is 77.9 Å². The van der Waals surface area contributed by atoms with Crippen molar-refractivity contribution < 1.29 is 4.42 Å². The molecule has 3 aliphatic rings. The molecule has 0 atom stereocenters. The van der Waals surface area contributed by atoms with Crippen LogP contribution < -0.4 is 9.80 Å². The predicted molar refractivity (Wildman–Crippen MR) is 382 cm³/mol. The van der Waals surface area contributed by atoms with Crippen LogP contribution >= 0.6 is 0 Å². The number of furan rings is 1. The van der Waals surface area contributed by atoms with Crippen LogP contribution in [0.5, 0.6) is 0 Å². The normalized spacial score (nSPS) is 13.5. The van der Waals surface area contributed by atoms with Crippen molar-refractivity contribution in [2.45, 2.75) is 24.7 Å². The summed E-state index contributed by atoms with van der Waals surface area (Å²) >= 11 is 0. The predicted octanol–water partition coefficient (Wildman–Crippen LogP) is 23.6. The zero-order valence-electron chi connectivity index (χ0n) is 50.8. The third kappa shape index (κ3) is 7.46. The van der Waals surface area contributed by atoms with Crippen molar-refractivity contribution in [3.05, 3.63) is 355 Å². The fourth-order valence-corrected chi connectivity index (χ4v) is 16.3. The van der Waals surface area contributed by atoms with E-state index >= 15 is 0 Å². The van der Waals surface area contributed by atoms with Crippen LogP contribution in [0.25, 0.3) is 105 Å². The molecule has 2 aromatic heterocycles. The number of hydrogen-bond acceptors (Lipinski definition) is 3. The topological polar surface area (TPSA) is 24.6 Å². The smallest absolute Gasteiger partial charge is 0.159 e. The third-order valence-electron chi connectivity index (χ3n) is 20.4. The van der Waals surface area contributed by atoms with Crippen molar-refractivity contribution in [1.82, 2.24) is 4.57 Å². The van der Waals surface area contributed by atoms with E-state index in [1.165, 1.54) is 99.8 Å². The molecule has 0 amide bonds. The molecule has 0 bridgehead atoms. The minimum absolute atomic E-state index is 0.373. The molecule has 0 N–H and O–H groups in total. The Balaban J connectivity index is 0.823. The third-order valence-corrected chi connectivity index (χ3v) is 20.4. The van der Waals surface area contributed by atoms with E-state index in [1.807, 2.05) is 0 Å². The Morgan fingerprint density at radius 2 is 0.772 bits per heavy atom. The van der Waals surface area contributed by atoms with E-state index < -0.39 is 5.41 Å². The molecule has 92 heavy (non-hydrogen) atoms. The standard InChI is InChI=1S/C88H59N3O/c1-87(2)78-54-64(89(60-25-10-5-11-26-60)61-41-37-58(38-42-61)56-21-6-3-7-22-56)45-48-68(78)69-49-46-65(55-79(69)87)90(82-35-20-31-71-70-29-15-19-36-83(70)92-86(71)82)63-47-51-80-73(53-63)85-81(91(80)62-43-39-59(40-44-62)57-23-8-4-9-24-57)52-50-77-84(85)72-30-14-18-34-76(72)88(77)74-32-16-12-27-66(74)67-28-13-17-33-75(67)88/h3-55H,1-2H3. The molecule has 0 unspecified atom stereocenters. The van der Waals surface area contributed by atoms with Gasteiger partial charge in [0.1, 0.15) is 5.58 Å². The van der Waals surface area contributed by atoms with Crippen molar-refractivity contribution in [1.29, 1.82) is 0 Å². The van der Waals surface area contributed by atoms with Gasteiger partial charge in [-0.05, 0) is 186 Å². The molecule has 3 aliphatic carbocycles. The fraction of sp³-hybridized carbons (Fsp3) is 0.0455. The van der Waals surface area contributed by atoms with E-state index in [-0.39, 0.29) is 5.41 Å². The van der Waals surface area contributed by atoms with Crippen LogP contribution in [0.15, 0.2) is 326 Å². The number of rotatable bonds is 9. The first kappa shape index (κ1) is 52.2. The second-order valence-electron chi connectivity index (χ2n) is 25.5. The van der Waals surface area contributed by atoms with Crippen molar-refractivity contribution in [3.8, 4) is 61.3 Å². The van der Waals surface area contributed by atoms with Crippen LogP contribution in [0.4, 0.5) is 34.1 Å². The van der Waals surface area contributed by atoms with Gasteiger partial charge in [-0.25, -0.2) is 0 Å². The summed E-state index contributed by atoms with van der Waals surface area (Å²) in [5, 5.41) is 4.58. The highest BCUT2D eigenvalue weighted by molar-refractivity contribution is 6.20. The fourth-order valence-electron chi connectivity index (χ4n) is 16.3. The molecule has 0 saturated carbocycles. The van der Waals surface area contributed by atoms with Gasteiger partial charge in [-0.3, -0.25) is 0 Å². The van der Waals surface area contributed by atoms with Crippen LogP contribution in [0.2, 0.25) is 0 Å². The van der Waals surface area contributed by atoms with Crippen LogP contribution in [-0.4, -0.2) is 4.57 Å². The monoisotopic (exact) mass is 1170 g/mol.